The summed E-state index contributed by atoms with van der Waals surface area (Å²) in [5.41, 5.74) is 1.26. The first kappa shape index (κ1) is 9.69. The number of rotatable bonds is 3. The normalized spacial score (nSPS) is 26.6. The van der Waals surface area contributed by atoms with Crippen molar-refractivity contribution >= 4 is 0 Å². The molecule has 2 atom stereocenters. The molecule has 0 spiro atoms. The molecule has 1 aliphatic rings. The first-order valence-corrected chi connectivity index (χ1v) is 5.23. The monoisotopic (exact) mass is 191 g/mol. The number of hydrogen-bond donors (Lipinski definition) is 1. The van der Waals surface area contributed by atoms with Crippen LogP contribution in [0.1, 0.15) is 18.9 Å². The first-order valence-electron chi connectivity index (χ1n) is 5.23. The zero-order valence-corrected chi connectivity index (χ0v) is 8.57. The molecule has 1 aliphatic heterocycles. The van der Waals surface area contributed by atoms with Gasteiger partial charge in [-0.25, -0.2) is 0 Å². The van der Waals surface area contributed by atoms with E-state index in [1.165, 1.54) is 5.56 Å². The maximum Gasteiger partial charge on any atom is 0.0721 e. The van der Waals surface area contributed by atoms with Crippen LogP contribution in [0.3, 0.4) is 0 Å². The third kappa shape index (κ3) is 2.56. The van der Waals surface area contributed by atoms with E-state index in [1.54, 1.807) is 0 Å². The van der Waals surface area contributed by atoms with Gasteiger partial charge in [-0.3, -0.25) is 0 Å². The summed E-state index contributed by atoms with van der Waals surface area (Å²) in [6.07, 6.45) is 1.53. The van der Waals surface area contributed by atoms with Crippen molar-refractivity contribution in [3.05, 3.63) is 35.9 Å². The van der Waals surface area contributed by atoms with Crippen LogP contribution < -0.4 is 5.32 Å². The van der Waals surface area contributed by atoms with E-state index in [-0.39, 0.29) is 0 Å². The second kappa shape index (κ2) is 4.58. The zero-order chi connectivity index (χ0) is 9.80. The topological polar surface area (TPSA) is 21.3 Å². The molecule has 1 fully saturated rings. The molecule has 0 radical (unpaired) electrons. The Morgan fingerprint density at radius 2 is 2.14 bits per heavy atom. The fraction of sp³-hybridized carbons (Fsp3) is 0.500. The van der Waals surface area contributed by atoms with Crippen molar-refractivity contribution in [2.24, 2.45) is 0 Å². The van der Waals surface area contributed by atoms with E-state index in [2.05, 4.69) is 24.4 Å². The molecule has 1 N–H and O–H groups in total. The lowest BCUT2D eigenvalue weighted by Crippen LogP contribution is -2.18. The molecular weight excluding hydrogens is 174 g/mol. The summed E-state index contributed by atoms with van der Waals surface area (Å²) in [7, 11) is 0. The average Bonchev–Trinajstić information content (AvgIpc) is 2.63. The average molecular weight is 191 g/mol. The van der Waals surface area contributed by atoms with E-state index in [0.29, 0.717) is 12.1 Å². The molecule has 0 aromatic heterocycles. The van der Waals surface area contributed by atoms with Gasteiger partial charge in [0.2, 0.25) is 0 Å². The van der Waals surface area contributed by atoms with Crippen LogP contribution in [0.5, 0.6) is 0 Å². The lowest BCUT2D eigenvalue weighted by molar-refractivity contribution is 0.0529. The molecular formula is C12H17NO. The molecule has 2 nitrogen and oxygen atoms in total. The third-order valence-electron chi connectivity index (χ3n) is 2.64. The summed E-state index contributed by atoms with van der Waals surface area (Å²) in [5, 5.41) is 3.38. The van der Waals surface area contributed by atoms with Crippen molar-refractivity contribution in [3.63, 3.8) is 0 Å². The summed E-state index contributed by atoms with van der Waals surface area (Å²) in [5.74, 6) is 0. The highest BCUT2D eigenvalue weighted by Crippen LogP contribution is 2.12. The fourth-order valence-electron chi connectivity index (χ4n) is 1.81. The predicted octanol–water partition coefficient (Wildman–Crippen LogP) is 1.95. The van der Waals surface area contributed by atoms with Crippen LogP contribution in [0.15, 0.2) is 30.3 Å². The summed E-state index contributed by atoms with van der Waals surface area (Å²) >= 11 is 0. The van der Waals surface area contributed by atoms with E-state index < -0.39 is 0 Å². The molecule has 0 amide bonds. The second-order valence-corrected chi connectivity index (χ2v) is 3.96. The van der Waals surface area contributed by atoms with Crippen LogP contribution in [-0.4, -0.2) is 18.7 Å². The molecule has 76 valence electrons. The Hall–Kier alpha value is -0.860. The molecule has 0 aliphatic carbocycles. The SMILES string of the molecule is CC1C[C@@H](OCc2ccccc2)CN1. The van der Waals surface area contributed by atoms with Crippen molar-refractivity contribution in [3.8, 4) is 0 Å². The molecule has 2 heteroatoms. The van der Waals surface area contributed by atoms with E-state index in [9.17, 15) is 0 Å². The van der Waals surface area contributed by atoms with Crippen molar-refractivity contribution in [2.45, 2.75) is 32.1 Å². The Kier molecular flexibility index (Phi) is 3.17. The Morgan fingerprint density at radius 1 is 1.36 bits per heavy atom. The highest BCUT2D eigenvalue weighted by atomic mass is 16.5. The summed E-state index contributed by atoms with van der Waals surface area (Å²) in [6, 6.07) is 10.9. The van der Waals surface area contributed by atoms with Crippen LogP contribution in [-0.2, 0) is 11.3 Å². The standard InChI is InChI=1S/C12H17NO/c1-10-7-12(8-13-10)14-9-11-5-3-2-4-6-11/h2-6,10,12-13H,7-9H2,1H3/t10?,12-/m1/s1. The van der Waals surface area contributed by atoms with Gasteiger partial charge in [-0.1, -0.05) is 30.3 Å². The lowest BCUT2D eigenvalue weighted by Gasteiger charge is -2.10. The Labute approximate surface area is 85.3 Å². The number of benzene rings is 1. The zero-order valence-electron chi connectivity index (χ0n) is 8.57. The molecule has 0 bridgehead atoms. The predicted molar refractivity (Wildman–Crippen MR) is 57.1 cm³/mol. The molecule has 1 unspecified atom stereocenters. The highest BCUT2D eigenvalue weighted by molar-refractivity contribution is 5.13. The van der Waals surface area contributed by atoms with Crippen LogP contribution in [0, 0.1) is 0 Å². The van der Waals surface area contributed by atoms with E-state index in [4.69, 9.17) is 4.74 Å². The minimum atomic E-state index is 0.394. The molecule has 1 aromatic rings. The van der Waals surface area contributed by atoms with Crippen molar-refractivity contribution in [1.29, 1.82) is 0 Å². The van der Waals surface area contributed by atoms with Gasteiger partial charge in [-0.05, 0) is 18.9 Å². The van der Waals surface area contributed by atoms with Crippen molar-refractivity contribution in [1.82, 2.24) is 5.32 Å². The molecule has 14 heavy (non-hydrogen) atoms. The molecule has 1 aromatic carbocycles. The van der Waals surface area contributed by atoms with Crippen LogP contribution >= 0.6 is 0 Å². The van der Waals surface area contributed by atoms with Gasteiger partial charge >= 0.3 is 0 Å². The van der Waals surface area contributed by atoms with Crippen LogP contribution in [0.25, 0.3) is 0 Å². The minimum absolute atomic E-state index is 0.394. The van der Waals surface area contributed by atoms with Gasteiger partial charge in [0.15, 0.2) is 0 Å². The van der Waals surface area contributed by atoms with Crippen molar-refractivity contribution in [2.75, 3.05) is 6.54 Å². The van der Waals surface area contributed by atoms with Gasteiger partial charge in [0.05, 0.1) is 12.7 Å². The molecule has 1 heterocycles. The maximum absolute atomic E-state index is 5.80. The van der Waals surface area contributed by atoms with Gasteiger partial charge in [0.25, 0.3) is 0 Å². The Balaban J connectivity index is 1.78. The quantitative estimate of drug-likeness (QED) is 0.788. The minimum Gasteiger partial charge on any atom is -0.372 e. The number of nitrogens with one attached hydrogen (secondary N) is 1. The number of hydrogen-bond acceptors (Lipinski definition) is 2. The number of ether oxygens (including phenoxy) is 1. The van der Waals surface area contributed by atoms with Gasteiger partial charge in [0.1, 0.15) is 0 Å². The Bertz CT molecular complexity index is 273. The fourth-order valence-corrected chi connectivity index (χ4v) is 1.81. The van der Waals surface area contributed by atoms with E-state index in [1.807, 2.05) is 18.2 Å². The van der Waals surface area contributed by atoms with Crippen molar-refractivity contribution < 1.29 is 4.74 Å². The summed E-state index contributed by atoms with van der Waals surface area (Å²) in [6.45, 7) is 3.93. The first-order chi connectivity index (χ1) is 6.84. The molecule has 1 saturated heterocycles. The smallest absolute Gasteiger partial charge is 0.0721 e. The molecule has 2 rings (SSSR count). The maximum atomic E-state index is 5.80. The van der Waals surface area contributed by atoms with Gasteiger partial charge in [-0.15, -0.1) is 0 Å². The molecule has 0 saturated carbocycles. The van der Waals surface area contributed by atoms with E-state index in [0.717, 1.165) is 19.6 Å². The van der Waals surface area contributed by atoms with Crippen LogP contribution in [0.4, 0.5) is 0 Å². The largest absolute Gasteiger partial charge is 0.372 e. The lowest BCUT2D eigenvalue weighted by atomic mass is 10.2. The van der Waals surface area contributed by atoms with E-state index >= 15 is 0 Å². The Morgan fingerprint density at radius 3 is 2.79 bits per heavy atom. The second-order valence-electron chi connectivity index (χ2n) is 3.96. The third-order valence-corrected chi connectivity index (χ3v) is 2.64. The summed E-state index contributed by atoms with van der Waals surface area (Å²) in [4.78, 5) is 0. The van der Waals surface area contributed by atoms with Gasteiger partial charge in [0, 0.05) is 12.6 Å². The highest BCUT2D eigenvalue weighted by Gasteiger charge is 2.20. The van der Waals surface area contributed by atoms with Crippen LogP contribution in [0.2, 0.25) is 0 Å². The van der Waals surface area contributed by atoms with Gasteiger partial charge in [-0.2, -0.15) is 0 Å². The summed E-state index contributed by atoms with van der Waals surface area (Å²) < 4.78 is 5.80. The van der Waals surface area contributed by atoms with Gasteiger partial charge < -0.3 is 10.1 Å².